The molecule has 15 heavy (non-hydrogen) atoms. The Bertz CT molecular complexity index is 414. The molecular weight excluding hydrogens is 208 g/mol. The molecule has 0 spiro atoms. The zero-order valence-corrected chi connectivity index (χ0v) is 8.97. The number of rotatable bonds is 1. The Morgan fingerprint density at radius 2 is 2.27 bits per heavy atom. The normalized spacial score (nSPS) is 16.7. The van der Waals surface area contributed by atoms with Gasteiger partial charge in [-0.25, -0.2) is 0 Å². The molecule has 0 unspecified atom stereocenters. The molecule has 4 N–H and O–H groups in total. The van der Waals surface area contributed by atoms with Crippen molar-refractivity contribution in [2.75, 3.05) is 11.9 Å². The highest BCUT2D eigenvalue weighted by Crippen LogP contribution is 2.21. The number of fused-ring (bicyclic) bond motifs is 1. The van der Waals surface area contributed by atoms with E-state index in [2.05, 4.69) is 15.8 Å². The van der Waals surface area contributed by atoms with Crippen molar-refractivity contribution in [2.24, 2.45) is 10.8 Å². The van der Waals surface area contributed by atoms with Crippen molar-refractivity contribution in [3.05, 3.63) is 29.8 Å². The zero-order valence-electron chi connectivity index (χ0n) is 8.16. The van der Waals surface area contributed by atoms with Gasteiger partial charge in [0, 0.05) is 24.2 Å². The van der Waals surface area contributed by atoms with Crippen molar-refractivity contribution in [3.8, 4) is 0 Å². The second-order valence-corrected chi connectivity index (χ2v) is 3.70. The van der Waals surface area contributed by atoms with Crippen LogP contribution in [-0.2, 0) is 0 Å². The first kappa shape index (κ1) is 9.92. The quantitative estimate of drug-likeness (QED) is 0.489. The number of hydrazone groups is 1. The van der Waals surface area contributed by atoms with Crippen LogP contribution < -0.4 is 16.5 Å². The molecule has 0 atom stereocenters. The Kier molecular flexibility index (Phi) is 2.82. The van der Waals surface area contributed by atoms with Crippen molar-refractivity contribution in [1.82, 2.24) is 5.43 Å². The van der Waals surface area contributed by atoms with Gasteiger partial charge in [-0.2, -0.15) is 5.10 Å². The summed E-state index contributed by atoms with van der Waals surface area (Å²) in [6.45, 7) is 0.884. The molecule has 1 aliphatic rings. The van der Waals surface area contributed by atoms with Crippen LogP contribution in [0.15, 0.2) is 29.4 Å². The van der Waals surface area contributed by atoms with Crippen LogP contribution in [-0.4, -0.2) is 17.4 Å². The topological polar surface area (TPSA) is 62.4 Å². The van der Waals surface area contributed by atoms with E-state index in [0.29, 0.717) is 0 Å². The van der Waals surface area contributed by atoms with Gasteiger partial charge in [-0.3, -0.25) is 5.43 Å². The first-order chi connectivity index (χ1) is 7.27. The fourth-order valence-electron chi connectivity index (χ4n) is 1.58. The molecule has 0 amide bonds. The van der Waals surface area contributed by atoms with Gasteiger partial charge >= 0.3 is 0 Å². The molecule has 5 heteroatoms. The molecule has 0 saturated heterocycles. The zero-order chi connectivity index (χ0) is 10.7. The Labute approximate surface area is 93.5 Å². The van der Waals surface area contributed by atoms with E-state index < -0.39 is 0 Å². The predicted molar refractivity (Wildman–Crippen MR) is 66.0 cm³/mol. The molecule has 0 bridgehead atoms. The van der Waals surface area contributed by atoms with E-state index in [1.807, 2.05) is 24.3 Å². The largest absolute Gasteiger partial charge is 0.384 e. The molecule has 0 aromatic heterocycles. The number of nitrogens with one attached hydrogen (secondary N) is 2. The minimum atomic E-state index is 0.193. The van der Waals surface area contributed by atoms with Crippen LogP contribution in [0.25, 0.3) is 0 Å². The van der Waals surface area contributed by atoms with Crippen LogP contribution in [0.5, 0.6) is 0 Å². The fourth-order valence-corrected chi connectivity index (χ4v) is 1.62. The summed E-state index contributed by atoms with van der Waals surface area (Å²) >= 11 is 4.71. The first-order valence-electron chi connectivity index (χ1n) is 4.72. The average Bonchev–Trinajstić information content (AvgIpc) is 2.26. The highest BCUT2D eigenvalue weighted by Gasteiger charge is 2.13. The van der Waals surface area contributed by atoms with E-state index >= 15 is 0 Å². The molecule has 1 heterocycles. The lowest BCUT2D eigenvalue weighted by Crippen LogP contribution is -2.27. The van der Waals surface area contributed by atoms with Crippen LogP contribution in [0.4, 0.5) is 5.69 Å². The molecule has 1 aliphatic heterocycles. The van der Waals surface area contributed by atoms with Crippen molar-refractivity contribution >= 4 is 28.7 Å². The van der Waals surface area contributed by atoms with E-state index in [0.717, 1.165) is 29.9 Å². The molecule has 1 aromatic carbocycles. The lowest BCUT2D eigenvalue weighted by molar-refractivity contribution is 0.984. The summed E-state index contributed by atoms with van der Waals surface area (Å²) in [6, 6.07) is 8.05. The van der Waals surface area contributed by atoms with Crippen molar-refractivity contribution < 1.29 is 0 Å². The number of nitrogens with two attached hydrogens (primary N) is 1. The maximum absolute atomic E-state index is 5.33. The number of thiocarbonyl (C=S) groups is 1. The fraction of sp³-hybridized carbons (Fsp3) is 0.200. The number of benzene rings is 1. The SMILES string of the molecule is NC(=S)N/N=C1\CCNc2ccccc21. The summed E-state index contributed by atoms with van der Waals surface area (Å²) in [5, 5.41) is 7.69. The number of para-hydroxylation sites is 1. The lowest BCUT2D eigenvalue weighted by Gasteiger charge is -2.19. The molecule has 2 rings (SSSR count). The van der Waals surface area contributed by atoms with E-state index in [-0.39, 0.29) is 5.11 Å². The van der Waals surface area contributed by atoms with Gasteiger partial charge in [0.1, 0.15) is 0 Å². The summed E-state index contributed by atoms with van der Waals surface area (Å²) in [5.74, 6) is 0. The van der Waals surface area contributed by atoms with Gasteiger partial charge < -0.3 is 11.1 Å². The monoisotopic (exact) mass is 220 g/mol. The van der Waals surface area contributed by atoms with Gasteiger partial charge in [-0.1, -0.05) is 18.2 Å². The van der Waals surface area contributed by atoms with E-state index in [9.17, 15) is 0 Å². The van der Waals surface area contributed by atoms with Crippen molar-refractivity contribution in [2.45, 2.75) is 6.42 Å². The Morgan fingerprint density at radius 1 is 1.47 bits per heavy atom. The average molecular weight is 220 g/mol. The van der Waals surface area contributed by atoms with E-state index in [1.165, 1.54) is 0 Å². The molecule has 0 saturated carbocycles. The second kappa shape index (κ2) is 4.27. The molecule has 1 aromatic rings. The summed E-state index contributed by atoms with van der Waals surface area (Å²) in [4.78, 5) is 0. The summed E-state index contributed by atoms with van der Waals surface area (Å²) in [6.07, 6.45) is 0.868. The van der Waals surface area contributed by atoms with Crippen LogP contribution >= 0.6 is 12.2 Å². The maximum Gasteiger partial charge on any atom is 0.184 e. The third kappa shape index (κ3) is 2.24. The van der Waals surface area contributed by atoms with Gasteiger partial charge in [0.15, 0.2) is 5.11 Å². The number of anilines is 1. The van der Waals surface area contributed by atoms with Crippen LogP contribution in [0.3, 0.4) is 0 Å². The maximum atomic E-state index is 5.33. The van der Waals surface area contributed by atoms with E-state index in [1.54, 1.807) is 0 Å². The van der Waals surface area contributed by atoms with Gasteiger partial charge in [0.2, 0.25) is 0 Å². The summed E-state index contributed by atoms with van der Waals surface area (Å²) < 4.78 is 0. The molecule has 0 aliphatic carbocycles. The Morgan fingerprint density at radius 3 is 3.07 bits per heavy atom. The molecule has 0 fully saturated rings. The van der Waals surface area contributed by atoms with Crippen LogP contribution in [0.1, 0.15) is 12.0 Å². The van der Waals surface area contributed by atoms with Gasteiger partial charge in [-0.05, 0) is 18.3 Å². The lowest BCUT2D eigenvalue weighted by atomic mass is 10.0. The van der Waals surface area contributed by atoms with Crippen molar-refractivity contribution in [3.63, 3.8) is 0 Å². The van der Waals surface area contributed by atoms with Gasteiger partial charge in [0.25, 0.3) is 0 Å². The summed E-state index contributed by atoms with van der Waals surface area (Å²) in [5.41, 5.74) is 11.1. The third-order valence-electron chi connectivity index (χ3n) is 2.22. The molecular formula is C10H12N4S. The highest BCUT2D eigenvalue weighted by molar-refractivity contribution is 7.80. The minimum absolute atomic E-state index is 0.193. The van der Waals surface area contributed by atoms with Gasteiger partial charge in [-0.15, -0.1) is 0 Å². The van der Waals surface area contributed by atoms with Crippen molar-refractivity contribution in [1.29, 1.82) is 0 Å². The van der Waals surface area contributed by atoms with Crippen LogP contribution in [0.2, 0.25) is 0 Å². The second-order valence-electron chi connectivity index (χ2n) is 3.26. The number of nitrogens with zero attached hydrogens (tertiary/aromatic N) is 1. The number of hydrogen-bond acceptors (Lipinski definition) is 3. The van der Waals surface area contributed by atoms with Gasteiger partial charge in [0.05, 0.1) is 5.71 Å². The Hall–Kier alpha value is -1.62. The van der Waals surface area contributed by atoms with Crippen LogP contribution in [0, 0.1) is 0 Å². The first-order valence-corrected chi connectivity index (χ1v) is 5.13. The van der Waals surface area contributed by atoms with E-state index in [4.69, 9.17) is 18.0 Å². The summed E-state index contributed by atoms with van der Waals surface area (Å²) in [7, 11) is 0. The standard InChI is InChI=1S/C10H12N4S/c11-10(15)14-13-9-5-6-12-8-4-2-1-3-7(8)9/h1-4,12H,5-6H2,(H3,11,14,15)/b13-9+. The molecule has 0 radical (unpaired) electrons. The molecule has 4 nitrogen and oxygen atoms in total. The molecule has 78 valence electrons. The minimum Gasteiger partial charge on any atom is -0.384 e. The predicted octanol–water partition coefficient (Wildman–Crippen LogP) is 1.04. The Balaban J connectivity index is 2.29. The highest BCUT2D eigenvalue weighted by atomic mass is 32.1. The number of hydrogen-bond donors (Lipinski definition) is 3. The smallest absolute Gasteiger partial charge is 0.184 e. The third-order valence-corrected chi connectivity index (χ3v) is 2.31.